The van der Waals surface area contributed by atoms with Gasteiger partial charge >= 0.3 is 0 Å². The van der Waals surface area contributed by atoms with Gasteiger partial charge in [0.15, 0.2) is 0 Å². The highest BCUT2D eigenvalue weighted by molar-refractivity contribution is 5.87. The van der Waals surface area contributed by atoms with Gasteiger partial charge in [0.2, 0.25) is 0 Å². The highest BCUT2D eigenvalue weighted by atomic mass is 16.1. The molecular weight excluding hydrogens is 140 g/mol. The fraction of sp³-hybridized carbons (Fsp3) is 0.778. The Bertz CT molecular complexity index is 164. The molecule has 0 N–H and O–H groups in total. The summed E-state index contributed by atoms with van der Waals surface area (Å²) >= 11 is 0. The minimum Gasteiger partial charge on any atom is -0.300 e. The van der Waals surface area contributed by atoms with Crippen molar-refractivity contribution in [1.82, 2.24) is 0 Å². The van der Waals surface area contributed by atoms with Crippen molar-refractivity contribution >= 4 is 11.6 Å². The number of carbonyl (C=O) groups excluding carboxylic acids is 2. The van der Waals surface area contributed by atoms with Crippen molar-refractivity contribution in [2.24, 2.45) is 11.8 Å². The number of Topliss-reactive ketones (excluding diaryl/α,β-unsaturated/α-hetero) is 2. The molecule has 0 bridgehead atoms. The summed E-state index contributed by atoms with van der Waals surface area (Å²) < 4.78 is 0. The second-order valence-corrected chi connectivity index (χ2v) is 3.37. The van der Waals surface area contributed by atoms with E-state index in [1.54, 1.807) is 13.8 Å². The average molecular weight is 154 g/mol. The van der Waals surface area contributed by atoms with Crippen LogP contribution in [-0.4, -0.2) is 11.6 Å². The third-order valence-corrected chi connectivity index (χ3v) is 2.56. The molecule has 0 aromatic rings. The largest absolute Gasteiger partial charge is 0.300 e. The van der Waals surface area contributed by atoms with Gasteiger partial charge in [0.25, 0.3) is 0 Å². The predicted octanol–water partition coefficient (Wildman–Crippen LogP) is 1.58. The maximum atomic E-state index is 11.0. The van der Waals surface area contributed by atoms with Crippen molar-refractivity contribution in [3.63, 3.8) is 0 Å². The quantitative estimate of drug-likeness (QED) is 0.605. The molecule has 0 spiro atoms. The summed E-state index contributed by atoms with van der Waals surface area (Å²) in [7, 11) is 0. The summed E-state index contributed by atoms with van der Waals surface area (Å²) in [6.45, 7) is 3.18. The molecule has 0 aromatic heterocycles. The number of carbonyl (C=O) groups is 2. The highest BCUT2D eigenvalue weighted by Crippen LogP contribution is 2.32. The van der Waals surface area contributed by atoms with Gasteiger partial charge in [-0.25, -0.2) is 0 Å². The first-order valence-corrected chi connectivity index (χ1v) is 4.14. The van der Waals surface area contributed by atoms with Crippen LogP contribution in [0.5, 0.6) is 0 Å². The van der Waals surface area contributed by atoms with Crippen molar-refractivity contribution < 1.29 is 9.59 Å². The Hall–Kier alpha value is -0.660. The topological polar surface area (TPSA) is 34.1 Å². The number of ketones is 2. The molecule has 0 amide bonds. The van der Waals surface area contributed by atoms with Gasteiger partial charge in [-0.1, -0.05) is 6.42 Å². The summed E-state index contributed by atoms with van der Waals surface area (Å²) in [6.07, 6.45) is 2.87. The molecule has 1 aliphatic rings. The second-order valence-electron chi connectivity index (χ2n) is 3.37. The highest BCUT2D eigenvalue weighted by Gasteiger charge is 2.33. The Morgan fingerprint density at radius 2 is 1.36 bits per heavy atom. The lowest BCUT2D eigenvalue weighted by Crippen LogP contribution is -2.21. The monoisotopic (exact) mass is 154 g/mol. The Balaban J connectivity index is 2.65. The third kappa shape index (κ3) is 1.67. The van der Waals surface area contributed by atoms with Crippen LogP contribution in [0.1, 0.15) is 33.1 Å². The van der Waals surface area contributed by atoms with Crippen LogP contribution < -0.4 is 0 Å². The zero-order valence-corrected chi connectivity index (χ0v) is 7.09. The maximum Gasteiger partial charge on any atom is 0.133 e. The molecule has 62 valence electrons. The molecule has 0 heterocycles. The Kier molecular flexibility index (Phi) is 2.42. The van der Waals surface area contributed by atoms with E-state index in [0.717, 1.165) is 19.3 Å². The Morgan fingerprint density at radius 1 is 1.00 bits per heavy atom. The molecule has 1 fully saturated rings. The van der Waals surface area contributed by atoms with Crippen LogP contribution in [0.4, 0.5) is 0 Å². The molecule has 11 heavy (non-hydrogen) atoms. The molecule has 1 rings (SSSR count). The first kappa shape index (κ1) is 8.44. The van der Waals surface area contributed by atoms with Crippen LogP contribution in [0.15, 0.2) is 0 Å². The molecule has 0 radical (unpaired) electrons. The smallest absolute Gasteiger partial charge is 0.133 e. The minimum absolute atomic E-state index is 0.0347. The van der Waals surface area contributed by atoms with Gasteiger partial charge < -0.3 is 0 Å². The van der Waals surface area contributed by atoms with Crippen molar-refractivity contribution in [3.8, 4) is 0 Å². The summed E-state index contributed by atoms with van der Waals surface area (Å²) in [5.41, 5.74) is 0. The van der Waals surface area contributed by atoms with Crippen LogP contribution >= 0.6 is 0 Å². The van der Waals surface area contributed by atoms with Crippen molar-refractivity contribution in [2.45, 2.75) is 33.1 Å². The fourth-order valence-electron chi connectivity index (χ4n) is 1.93. The van der Waals surface area contributed by atoms with Crippen LogP contribution in [0, 0.1) is 11.8 Å². The standard InChI is InChI=1S/C9H14O2/c1-6(10)8-4-3-5-9(8)7(2)11/h8-9H,3-5H2,1-2H3/t8-,9-/m0/s1. The summed E-state index contributed by atoms with van der Waals surface area (Å²) in [5.74, 6) is 0.436. The van der Waals surface area contributed by atoms with E-state index in [4.69, 9.17) is 0 Å². The van der Waals surface area contributed by atoms with E-state index in [2.05, 4.69) is 0 Å². The van der Waals surface area contributed by atoms with Crippen LogP contribution in [0.2, 0.25) is 0 Å². The molecular formula is C9H14O2. The molecule has 2 atom stereocenters. The summed E-state index contributed by atoms with van der Waals surface area (Å²) in [6, 6.07) is 0. The van der Waals surface area contributed by atoms with Crippen molar-refractivity contribution in [1.29, 1.82) is 0 Å². The first-order valence-electron chi connectivity index (χ1n) is 4.14. The van der Waals surface area contributed by atoms with Gasteiger partial charge in [-0.2, -0.15) is 0 Å². The Morgan fingerprint density at radius 3 is 1.64 bits per heavy atom. The number of hydrogen-bond donors (Lipinski definition) is 0. The predicted molar refractivity (Wildman–Crippen MR) is 42.2 cm³/mol. The van der Waals surface area contributed by atoms with Gasteiger partial charge in [0.1, 0.15) is 11.6 Å². The summed E-state index contributed by atoms with van der Waals surface area (Å²) in [4.78, 5) is 22.0. The third-order valence-electron chi connectivity index (χ3n) is 2.56. The van der Waals surface area contributed by atoms with E-state index < -0.39 is 0 Å². The van der Waals surface area contributed by atoms with Crippen LogP contribution in [0.3, 0.4) is 0 Å². The minimum atomic E-state index is 0.0347. The lowest BCUT2D eigenvalue weighted by atomic mass is 9.90. The van der Waals surface area contributed by atoms with Crippen LogP contribution in [-0.2, 0) is 9.59 Å². The molecule has 0 aliphatic heterocycles. The van der Waals surface area contributed by atoms with E-state index in [1.165, 1.54) is 0 Å². The van der Waals surface area contributed by atoms with Crippen LogP contribution in [0.25, 0.3) is 0 Å². The van der Waals surface area contributed by atoms with Crippen molar-refractivity contribution in [3.05, 3.63) is 0 Å². The van der Waals surface area contributed by atoms with Gasteiger partial charge in [-0.3, -0.25) is 9.59 Å². The lowest BCUT2D eigenvalue weighted by molar-refractivity contribution is -0.128. The van der Waals surface area contributed by atoms with E-state index in [9.17, 15) is 9.59 Å². The molecule has 0 saturated heterocycles. The molecule has 2 heteroatoms. The first-order chi connectivity index (χ1) is 5.13. The average Bonchev–Trinajstić information content (AvgIpc) is 2.32. The van der Waals surface area contributed by atoms with E-state index in [1.807, 2.05) is 0 Å². The normalized spacial score (nSPS) is 30.4. The van der Waals surface area contributed by atoms with E-state index >= 15 is 0 Å². The van der Waals surface area contributed by atoms with Gasteiger partial charge in [-0.15, -0.1) is 0 Å². The number of rotatable bonds is 2. The van der Waals surface area contributed by atoms with E-state index in [-0.39, 0.29) is 23.4 Å². The molecule has 2 nitrogen and oxygen atoms in total. The van der Waals surface area contributed by atoms with Gasteiger partial charge in [0.05, 0.1) is 0 Å². The molecule has 0 aromatic carbocycles. The molecule has 1 saturated carbocycles. The zero-order valence-electron chi connectivity index (χ0n) is 7.09. The van der Waals surface area contributed by atoms with Gasteiger partial charge in [0, 0.05) is 11.8 Å². The Labute approximate surface area is 67.0 Å². The fourth-order valence-corrected chi connectivity index (χ4v) is 1.93. The molecule has 0 unspecified atom stereocenters. The van der Waals surface area contributed by atoms with Crippen molar-refractivity contribution in [2.75, 3.05) is 0 Å². The van der Waals surface area contributed by atoms with Gasteiger partial charge in [-0.05, 0) is 26.7 Å². The SMILES string of the molecule is CC(=O)[C@@H]1CCC[C@H]1C(C)=O. The maximum absolute atomic E-state index is 11.0. The number of hydrogen-bond acceptors (Lipinski definition) is 2. The molecule has 1 aliphatic carbocycles. The second kappa shape index (κ2) is 3.16. The zero-order chi connectivity index (χ0) is 8.43. The summed E-state index contributed by atoms with van der Waals surface area (Å²) in [5, 5.41) is 0. The van der Waals surface area contributed by atoms with E-state index in [0.29, 0.717) is 0 Å². The lowest BCUT2D eigenvalue weighted by Gasteiger charge is -2.12.